The number of hydrogen-bond donors (Lipinski definition) is 1. The normalized spacial score (nSPS) is 18.5. The second kappa shape index (κ2) is 12.0. The number of ketones is 1. The van der Waals surface area contributed by atoms with E-state index in [2.05, 4.69) is 0 Å². The Kier molecular flexibility index (Phi) is 10.0. The fourth-order valence-corrected chi connectivity index (χ4v) is 3.74. The number of phosphoric acid groups is 1. The van der Waals surface area contributed by atoms with Crippen LogP contribution in [0.5, 0.6) is 0 Å². The quantitative estimate of drug-likeness (QED) is 0.282. The van der Waals surface area contributed by atoms with Crippen molar-refractivity contribution in [3.63, 3.8) is 0 Å². The van der Waals surface area contributed by atoms with E-state index in [4.69, 9.17) is 24.0 Å². The van der Waals surface area contributed by atoms with E-state index in [1.54, 1.807) is 0 Å². The van der Waals surface area contributed by atoms with Crippen LogP contribution in [0.25, 0.3) is 0 Å². The van der Waals surface area contributed by atoms with Crippen LogP contribution in [0.1, 0.15) is 15.9 Å². The zero-order chi connectivity index (χ0) is 22.9. The lowest BCUT2D eigenvalue weighted by Crippen LogP contribution is -2.37. The fraction of sp³-hybridized carbons (Fsp3) is 0.611. The molecular formula is C18H25F4N2O6P. The molecule has 0 amide bonds. The van der Waals surface area contributed by atoms with E-state index >= 15 is 0 Å². The summed E-state index contributed by atoms with van der Waals surface area (Å²) < 4.78 is 83.9. The molecule has 0 saturated carbocycles. The minimum Gasteiger partial charge on any atom is -0.379 e. The van der Waals surface area contributed by atoms with E-state index in [0.29, 0.717) is 31.9 Å². The van der Waals surface area contributed by atoms with Crippen LogP contribution >= 0.6 is 7.82 Å². The Labute approximate surface area is 177 Å². The number of Topliss-reactive ketones (excluding diaryl/α,β-unsaturated/α-hetero) is 1. The molecule has 1 aliphatic heterocycles. The molecule has 2 unspecified atom stereocenters. The number of nitrogens with zero attached hydrogens (tertiary/aromatic N) is 1. The Morgan fingerprint density at radius 3 is 2.32 bits per heavy atom. The Balaban J connectivity index is 1.87. The number of nitrogens with two attached hydrogens (primary N) is 1. The highest BCUT2D eigenvalue weighted by Crippen LogP contribution is 2.49. The number of phosphoric ester groups is 1. The monoisotopic (exact) mass is 472 g/mol. The molecule has 2 N–H and O–H groups in total. The molecule has 0 spiro atoms. The van der Waals surface area contributed by atoms with Crippen molar-refractivity contribution in [1.82, 2.24) is 4.90 Å². The minimum atomic E-state index is -5.25. The van der Waals surface area contributed by atoms with Crippen LogP contribution < -0.4 is 5.73 Å². The van der Waals surface area contributed by atoms with Gasteiger partial charge in [0.15, 0.2) is 0 Å². The van der Waals surface area contributed by atoms with E-state index in [9.17, 15) is 26.9 Å². The second-order valence-electron chi connectivity index (χ2n) is 6.61. The molecule has 1 aromatic rings. The van der Waals surface area contributed by atoms with Gasteiger partial charge in [0.2, 0.25) is 5.78 Å². The number of morpholine rings is 1. The first kappa shape index (κ1) is 25.9. The predicted octanol–water partition coefficient (Wildman–Crippen LogP) is 2.72. The van der Waals surface area contributed by atoms with Gasteiger partial charge < -0.3 is 10.5 Å². The Hall–Kier alpha value is -1.40. The average Bonchev–Trinajstić information content (AvgIpc) is 2.76. The van der Waals surface area contributed by atoms with Crippen molar-refractivity contribution in [3.8, 4) is 0 Å². The van der Waals surface area contributed by atoms with E-state index in [-0.39, 0.29) is 32.9 Å². The van der Waals surface area contributed by atoms with Crippen molar-refractivity contribution in [1.29, 1.82) is 0 Å². The largest absolute Gasteiger partial charge is 0.476 e. The zero-order valence-corrected chi connectivity index (χ0v) is 17.6. The first-order valence-electron chi connectivity index (χ1n) is 9.52. The first-order valence-corrected chi connectivity index (χ1v) is 11.0. The lowest BCUT2D eigenvalue weighted by atomic mass is 10.0. The lowest BCUT2D eigenvalue weighted by Gasteiger charge is -2.27. The summed E-state index contributed by atoms with van der Waals surface area (Å²) in [5.41, 5.74) is 5.54. The third-order valence-corrected chi connectivity index (χ3v) is 5.69. The molecule has 176 valence electrons. The molecule has 1 heterocycles. The molecule has 0 bridgehead atoms. The fourth-order valence-electron chi connectivity index (χ4n) is 2.56. The Morgan fingerprint density at radius 1 is 1.13 bits per heavy atom. The van der Waals surface area contributed by atoms with E-state index in [1.165, 1.54) is 12.1 Å². The van der Waals surface area contributed by atoms with Crippen molar-refractivity contribution in [3.05, 3.63) is 35.4 Å². The van der Waals surface area contributed by atoms with Crippen LogP contribution in [0.4, 0.5) is 17.6 Å². The van der Waals surface area contributed by atoms with Gasteiger partial charge in [-0.2, -0.15) is 13.2 Å². The number of benzene rings is 1. The number of carbonyl (C=O) groups excluding carboxylic acids is 1. The van der Waals surface area contributed by atoms with Gasteiger partial charge in [-0.1, -0.05) is 24.3 Å². The molecule has 2 atom stereocenters. The summed E-state index contributed by atoms with van der Waals surface area (Å²) in [7, 11) is -3.89. The van der Waals surface area contributed by atoms with Gasteiger partial charge in [-0.15, -0.1) is 0 Å². The van der Waals surface area contributed by atoms with Gasteiger partial charge in [0, 0.05) is 25.2 Å². The van der Waals surface area contributed by atoms with Crippen molar-refractivity contribution >= 4 is 13.6 Å². The highest BCUT2D eigenvalue weighted by atomic mass is 31.2. The molecule has 2 rings (SSSR count). The summed E-state index contributed by atoms with van der Waals surface area (Å²) in [5.74, 6) is -1.66. The second-order valence-corrected chi connectivity index (χ2v) is 8.28. The van der Waals surface area contributed by atoms with Crippen LogP contribution in [-0.2, 0) is 29.3 Å². The predicted molar refractivity (Wildman–Crippen MR) is 102 cm³/mol. The van der Waals surface area contributed by atoms with E-state index in [0.717, 1.165) is 12.1 Å². The highest BCUT2D eigenvalue weighted by molar-refractivity contribution is 7.48. The Bertz CT molecular complexity index is 744. The highest BCUT2D eigenvalue weighted by Gasteiger charge is 2.45. The van der Waals surface area contributed by atoms with Crippen LogP contribution in [0.2, 0.25) is 0 Å². The van der Waals surface area contributed by atoms with Crippen LogP contribution in [0, 0.1) is 0 Å². The zero-order valence-electron chi connectivity index (χ0n) is 16.7. The summed E-state index contributed by atoms with van der Waals surface area (Å²) in [6.07, 6.45) is -8.63. The van der Waals surface area contributed by atoms with Gasteiger partial charge in [0.25, 0.3) is 6.17 Å². The van der Waals surface area contributed by atoms with Gasteiger partial charge in [0.1, 0.15) is 6.73 Å². The summed E-state index contributed by atoms with van der Waals surface area (Å²) >= 11 is 0. The third kappa shape index (κ3) is 8.57. The SMILES string of the molecule is NCCOP(=O)(OCCc1ccc(C(=O)C(F)C(F)(F)F)cc1)OCN1CCOCC1. The maximum Gasteiger partial charge on any atom is 0.476 e. The topological polar surface area (TPSA) is 100 Å². The number of hydrogen-bond acceptors (Lipinski definition) is 8. The minimum absolute atomic E-state index is 0.0195. The number of halogens is 4. The molecular weight excluding hydrogens is 447 g/mol. The van der Waals surface area contributed by atoms with Gasteiger partial charge >= 0.3 is 14.0 Å². The third-order valence-electron chi connectivity index (χ3n) is 4.27. The molecule has 1 aliphatic rings. The van der Waals surface area contributed by atoms with Gasteiger partial charge in [-0.25, -0.2) is 8.96 Å². The smallest absolute Gasteiger partial charge is 0.379 e. The molecule has 0 aliphatic carbocycles. The Morgan fingerprint density at radius 2 is 1.74 bits per heavy atom. The summed E-state index contributed by atoms with van der Waals surface area (Å²) in [5, 5.41) is 0. The van der Waals surface area contributed by atoms with Crippen molar-refractivity contribution in [2.45, 2.75) is 18.8 Å². The van der Waals surface area contributed by atoms with Crippen LogP contribution in [-0.4, -0.2) is 75.8 Å². The lowest BCUT2D eigenvalue weighted by molar-refractivity contribution is -0.165. The van der Waals surface area contributed by atoms with E-state index in [1.807, 2.05) is 4.90 Å². The maximum absolute atomic E-state index is 13.2. The summed E-state index contributed by atoms with van der Waals surface area (Å²) in [4.78, 5) is 13.4. The number of ether oxygens (including phenoxy) is 1. The van der Waals surface area contributed by atoms with Crippen LogP contribution in [0.3, 0.4) is 0 Å². The summed E-state index contributed by atoms with van der Waals surface area (Å²) in [6, 6.07) is 4.91. The molecule has 1 aromatic carbocycles. The number of carbonyl (C=O) groups is 1. The van der Waals surface area contributed by atoms with Gasteiger partial charge in [-0.05, 0) is 12.0 Å². The molecule has 13 heteroatoms. The van der Waals surface area contributed by atoms with E-state index < -0.39 is 31.5 Å². The molecule has 31 heavy (non-hydrogen) atoms. The van der Waals surface area contributed by atoms with Crippen LogP contribution in [0.15, 0.2) is 24.3 Å². The molecule has 8 nitrogen and oxygen atoms in total. The van der Waals surface area contributed by atoms with Gasteiger partial charge in [-0.3, -0.25) is 23.3 Å². The van der Waals surface area contributed by atoms with Crippen molar-refractivity contribution < 1.29 is 45.2 Å². The standard InChI is InChI=1S/C18H25F4N2O6P/c19-17(18(20,21)22)16(25)15-3-1-14(2-4-15)5-9-28-31(26,29-10-6-23)30-13-24-7-11-27-12-8-24/h1-4,17H,5-13,23H2. The molecule has 0 radical (unpaired) electrons. The van der Waals surface area contributed by atoms with Crippen molar-refractivity contribution in [2.24, 2.45) is 5.73 Å². The molecule has 1 fully saturated rings. The number of alkyl halides is 4. The van der Waals surface area contributed by atoms with Gasteiger partial charge in [0.05, 0.1) is 26.4 Å². The molecule has 0 aromatic heterocycles. The summed E-state index contributed by atoms with van der Waals surface area (Å²) in [6.45, 7) is 2.27. The molecule has 1 saturated heterocycles. The number of rotatable bonds is 12. The maximum atomic E-state index is 13.2. The van der Waals surface area contributed by atoms with Crippen molar-refractivity contribution in [2.75, 3.05) is 52.8 Å². The average molecular weight is 472 g/mol. The first-order chi connectivity index (χ1) is 14.6.